The normalized spacial score (nSPS) is 10.0. The van der Waals surface area contributed by atoms with Crippen LogP contribution in [0.25, 0.3) is 10.2 Å². The van der Waals surface area contributed by atoms with Crippen LogP contribution in [0.4, 0.5) is 10.8 Å². The topological polar surface area (TPSA) is 71.5 Å². The largest absolute Gasteiger partial charge is 0.506 e. The molecule has 0 spiro atoms. The Morgan fingerprint density at radius 3 is 3.07 bits per heavy atom. The summed E-state index contributed by atoms with van der Waals surface area (Å²) in [5, 5.41) is 12.2. The summed E-state index contributed by atoms with van der Waals surface area (Å²) in [6.45, 7) is 0. The summed E-state index contributed by atoms with van der Waals surface area (Å²) in [6, 6.07) is 3.23. The van der Waals surface area contributed by atoms with Crippen LogP contribution in [-0.2, 0) is 0 Å². The number of hydrogen-bond donors (Lipinski definition) is 2. The van der Waals surface area contributed by atoms with Crippen LogP contribution >= 0.6 is 23.6 Å². The lowest BCUT2D eigenvalue weighted by Crippen LogP contribution is -1.79. The Morgan fingerprint density at radius 2 is 2.36 bits per heavy atom. The summed E-state index contributed by atoms with van der Waals surface area (Å²) in [5.41, 5.74) is 6.56. The molecule has 2 rings (SSSR count). The lowest BCUT2D eigenvalue weighted by atomic mass is 10.3. The van der Waals surface area contributed by atoms with Gasteiger partial charge >= 0.3 is 0 Å². The fraction of sp³-hybridized carbons (Fsp3) is 0. The Balaban J connectivity index is 2.77. The predicted molar refractivity (Wildman–Crippen MR) is 60.4 cm³/mol. The first-order valence-electron chi connectivity index (χ1n) is 3.67. The number of hydrogen-bond acceptors (Lipinski definition) is 6. The van der Waals surface area contributed by atoms with E-state index in [2.05, 4.69) is 27.4 Å². The minimum atomic E-state index is 0.0550. The van der Waals surface area contributed by atoms with E-state index in [-0.39, 0.29) is 5.75 Å². The highest BCUT2D eigenvalue weighted by Crippen LogP contribution is 2.34. The van der Waals surface area contributed by atoms with E-state index in [4.69, 9.17) is 5.73 Å². The maximum absolute atomic E-state index is 9.56. The van der Waals surface area contributed by atoms with E-state index in [1.807, 2.05) is 0 Å². The number of phenols is 1. The van der Waals surface area contributed by atoms with E-state index in [9.17, 15) is 5.11 Å². The molecule has 1 aromatic carbocycles. The minimum absolute atomic E-state index is 0.0550. The van der Waals surface area contributed by atoms with Crippen LogP contribution in [0.2, 0.25) is 0 Å². The van der Waals surface area contributed by atoms with Gasteiger partial charge in [0, 0.05) is 6.07 Å². The van der Waals surface area contributed by atoms with Crippen molar-refractivity contribution >= 4 is 49.8 Å². The van der Waals surface area contributed by atoms with E-state index >= 15 is 0 Å². The fourth-order valence-corrected chi connectivity index (χ4v) is 2.03. The van der Waals surface area contributed by atoms with Crippen LogP contribution in [0.5, 0.6) is 5.75 Å². The average molecular weight is 223 g/mol. The van der Waals surface area contributed by atoms with Gasteiger partial charge < -0.3 is 10.8 Å². The lowest BCUT2D eigenvalue weighted by Gasteiger charge is -1.94. The number of thiocarbonyl (C=S) groups is 1. The standard InChI is InChI=1S/C8H5N3OS2/c9-8-11-7-5(12)1-4(10-3-13)2-6(7)14-8/h1-2,12H,(H2,9,11). The molecule has 70 valence electrons. The molecule has 0 fully saturated rings. The van der Waals surface area contributed by atoms with Crippen LogP contribution in [0.1, 0.15) is 0 Å². The molecular weight excluding hydrogens is 218 g/mol. The number of thiazole rings is 1. The molecule has 0 saturated carbocycles. The summed E-state index contributed by atoms with van der Waals surface area (Å²) in [4.78, 5) is 7.74. The number of phenolic OH excluding ortho intramolecular Hbond substituents is 1. The van der Waals surface area contributed by atoms with Gasteiger partial charge in [0.25, 0.3) is 0 Å². The van der Waals surface area contributed by atoms with Crippen molar-refractivity contribution in [1.29, 1.82) is 0 Å². The van der Waals surface area contributed by atoms with Gasteiger partial charge in [0.15, 0.2) is 5.13 Å². The number of aromatic hydroxyl groups is 1. The minimum Gasteiger partial charge on any atom is -0.506 e. The Kier molecular flexibility index (Phi) is 2.17. The van der Waals surface area contributed by atoms with Crippen molar-refractivity contribution in [3.05, 3.63) is 12.1 Å². The number of benzene rings is 1. The van der Waals surface area contributed by atoms with Crippen LogP contribution in [0, 0.1) is 0 Å². The predicted octanol–water partition coefficient (Wildman–Crippen LogP) is 2.32. The third-order valence-corrected chi connectivity index (χ3v) is 2.57. The van der Waals surface area contributed by atoms with E-state index in [0.29, 0.717) is 16.3 Å². The molecule has 14 heavy (non-hydrogen) atoms. The highest BCUT2D eigenvalue weighted by Gasteiger charge is 2.07. The van der Waals surface area contributed by atoms with Crippen LogP contribution in [0.3, 0.4) is 0 Å². The monoisotopic (exact) mass is 223 g/mol. The van der Waals surface area contributed by atoms with Crippen molar-refractivity contribution in [3.8, 4) is 5.75 Å². The number of aromatic nitrogens is 1. The number of nitrogens with two attached hydrogens (primary N) is 1. The molecule has 0 radical (unpaired) electrons. The van der Waals surface area contributed by atoms with Crippen LogP contribution in [0.15, 0.2) is 17.1 Å². The molecule has 6 heteroatoms. The maximum atomic E-state index is 9.56. The SMILES string of the molecule is Nc1nc2c(O)cc(N=C=S)cc2s1. The molecule has 0 bridgehead atoms. The zero-order chi connectivity index (χ0) is 10.1. The van der Waals surface area contributed by atoms with E-state index in [0.717, 1.165) is 4.70 Å². The smallest absolute Gasteiger partial charge is 0.181 e. The Hall–Kier alpha value is -1.49. The molecule has 3 N–H and O–H groups in total. The molecule has 0 atom stereocenters. The molecule has 4 nitrogen and oxygen atoms in total. The Morgan fingerprint density at radius 1 is 1.57 bits per heavy atom. The summed E-state index contributed by atoms with van der Waals surface area (Å²) >= 11 is 5.76. The second-order valence-electron chi connectivity index (χ2n) is 2.57. The molecule has 0 aliphatic rings. The number of nitrogens with zero attached hydrogens (tertiary/aromatic N) is 2. The van der Waals surface area contributed by atoms with Gasteiger partial charge in [-0.2, -0.15) is 4.99 Å². The van der Waals surface area contributed by atoms with Crippen molar-refractivity contribution in [3.63, 3.8) is 0 Å². The Labute approximate surface area is 88.7 Å². The highest BCUT2D eigenvalue weighted by atomic mass is 32.1. The summed E-state index contributed by atoms with van der Waals surface area (Å²) < 4.78 is 0.784. The number of nitrogen functional groups attached to an aromatic ring is 1. The number of aliphatic imine (C=N–C) groups is 1. The van der Waals surface area contributed by atoms with Gasteiger partial charge in [-0.25, -0.2) is 4.98 Å². The van der Waals surface area contributed by atoms with Gasteiger partial charge in [-0.15, -0.1) is 0 Å². The fourth-order valence-electron chi connectivity index (χ4n) is 1.13. The molecule has 0 amide bonds. The van der Waals surface area contributed by atoms with Gasteiger partial charge in [0.1, 0.15) is 11.3 Å². The first-order valence-corrected chi connectivity index (χ1v) is 4.90. The van der Waals surface area contributed by atoms with Gasteiger partial charge in [-0.3, -0.25) is 0 Å². The van der Waals surface area contributed by atoms with E-state index in [1.54, 1.807) is 6.07 Å². The first kappa shape index (κ1) is 9.08. The molecule has 1 aromatic heterocycles. The molecule has 0 saturated heterocycles. The highest BCUT2D eigenvalue weighted by molar-refractivity contribution is 7.78. The molecule has 0 unspecified atom stereocenters. The summed E-state index contributed by atoms with van der Waals surface area (Å²) in [7, 11) is 0. The Bertz CT molecular complexity index is 543. The molecule has 2 aromatic rings. The van der Waals surface area contributed by atoms with Crippen LogP contribution in [-0.4, -0.2) is 15.3 Å². The van der Waals surface area contributed by atoms with E-state index < -0.39 is 0 Å². The van der Waals surface area contributed by atoms with Crippen molar-refractivity contribution < 1.29 is 5.11 Å². The third kappa shape index (κ3) is 1.46. The van der Waals surface area contributed by atoms with E-state index in [1.165, 1.54) is 17.4 Å². The zero-order valence-electron chi connectivity index (χ0n) is 6.89. The molecule has 1 heterocycles. The summed E-state index contributed by atoms with van der Waals surface area (Å²) in [5.74, 6) is 0.0550. The van der Waals surface area contributed by atoms with Gasteiger partial charge in [0.2, 0.25) is 0 Å². The maximum Gasteiger partial charge on any atom is 0.181 e. The lowest BCUT2D eigenvalue weighted by molar-refractivity contribution is 0.481. The second-order valence-corrected chi connectivity index (χ2v) is 3.81. The van der Waals surface area contributed by atoms with Crippen molar-refractivity contribution in [1.82, 2.24) is 4.98 Å². The van der Waals surface area contributed by atoms with Gasteiger partial charge in [-0.05, 0) is 18.3 Å². The number of anilines is 1. The molecule has 0 aliphatic carbocycles. The average Bonchev–Trinajstić information content (AvgIpc) is 2.47. The molecule has 0 aliphatic heterocycles. The number of rotatable bonds is 1. The number of fused-ring (bicyclic) bond motifs is 1. The summed E-state index contributed by atoms with van der Waals surface area (Å²) in [6.07, 6.45) is 0. The first-order chi connectivity index (χ1) is 6.70. The quantitative estimate of drug-likeness (QED) is 0.575. The number of isothiocyanates is 1. The molecular formula is C8H5N3OS2. The van der Waals surface area contributed by atoms with Crippen molar-refractivity contribution in [2.75, 3.05) is 5.73 Å². The van der Waals surface area contributed by atoms with Gasteiger partial charge in [-0.1, -0.05) is 11.3 Å². The van der Waals surface area contributed by atoms with Gasteiger partial charge in [0.05, 0.1) is 15.5 Å². The van der Waals surface area contributed by atoms with Crippen LogP contribution < -0.4 is 5.73 Å². The second kappa shape index (κ2) is 3.34. The zero-order valence-corrected chi connectivity index (χ0v) is 8.52. The van der Waals surface area contributed by atoms with Crippen molar-refractivity contribution in [2.24, 2.45) is 4.99 Å². The van der Waals surface area contributed by atoms with Crippen molar-refractivity contribution in [2.45, 2.75) is 0 Å². The third-order valence-electron chi connectivity index (χ3n) is 1.65.